The minimum Gasteiger partial charge on any atom is -0.307 e. The predicted molar refractivity (Wildman–Crippen MR) is 78.0 cm³/mol. The number of rotatable bonds is 3. The van der Waals surface area contributed by atoms with Crippen LogP contribution in [0.5, 0.6) is 0 Å². The van der Waals surface area contributed by atoms with E-state index in [4.69, 9.17) is 11.6 Å². The van der Waals surface area contributed by atoms with Gasteiger partial charge in [0.1, 0.15) is 10.3 Å². The van der Waals surface area contributed by atoms with Crippen LogP contribution in [-0.2, 0) is 0 Å². The Labute approximate surface area is 127 Å². The maximum atomic E-state index is 12.1. The maximum Gasteiger partial charge on any atom is 0.284 e. The lowest BCUT2D eigenvalue weighted by atomic mass is 10.2. The van der Waals surface area contributed by atoms with E-state index in [0.29, 0.717) is 10.8 Å². The van der Waals surface area contributed by atoms with Crippen LogP contribution in [0.4, 0.5) is 11.5 Å². The Bertz CT molecular complexity index is 676. The topological polar surface area (TPSA) is 85.1 Å². The molecule has 0 radical (unpaired) electrons. The Kier molecular flexibility index (Phi) is 4.31. The molecule has 0 fully saturated rings. The van der Waals surface area contributed by atoms with Crippen molar-refractivity contribution >= 4 is 44.9 Å². The highest BCUT2D eigenvalue weighted by Crippen LogP contribution is 2.28. The molecule has 0 spiro atoms. The molecule has 1 N–H and O–H groups in total. The number of pyridine rings is 1. The van der Waals surface area contributed by atoms with Crippen molar-refractivity contribution in [2.75, 3.05) is 5.32 Å². The minimum atomic E-state index is -0.568. The molecule has 1 heterocycles. The van der Waals surface area contributed by atoms with E-state index >= 15 is 0 Å². The summed E-state index contributed by atoms with van der Waals surface area (Å²) in [5.41, 5.74) is -0.0299. The zero-order valence-electron chi connectivity index (χ0n) is 9.84. The number of nitro benzene ring substituents is 1. The molecule has 0 saturated heterocycles. The van der Waals surface area contributed by atoms with Crippen molar-refractivity contribution in [3.63, 3.8) is 0 Å². The smallest absolute Gasteiger partial charge is 0.284 e. The number of nitrogens with one attached hydrogen (secondary N) is 1. The van der Waals surface area contributed by atoms with E-state index in [1.807, 2.05) is 0 Å². The monoisotopic (exact) mass is 355 g/mol. The number of nitro groups is 1. The van der Waals surface area contributed by atoms with E-state index in [1.165, 1.54) is 30.5 Å². The molecule has 0 bridgehead atoms. The quantitative estimate of drug-likeness (QED) is 0.672. The van der Waals surface area contributed by atoms with Gasteiger partial charge in [0.2, 0.25) is 0 Å². The highest BCUT2D eigenvalue weighted by molar-refractivity contribution is 9.10. The van der Waals surface area contributed by atoms with E-state index in [-0.39, 0.29) is 15.7 Å². The van der Waals surface area contributed by atoms with Crippen LogP contribution in [-0.4, -0.2) is 15.8 Å². The molecule has 1 aromatic heterocycles. The van der Waals surface area contributed by atoms with Crippen LogP contribution >= 0.6 is 27.5 Å². The summed E-state index contributed by atoms with van der Waals surface area (Å²) < 4.78 is 0.122. The number of halogens is 2. The van der Waals surface area contributed by atoms with Crippen molar-refractivity contribution in [1.29, 1.82) is 0 Å². The lowest BCUT2D eigenvalue weighted by Crippen LogP contribution is -2.14. The first-order chi connectivity index (χ1) is 9.49. The third-order valence-electron chi connectivity index (χ3n) is 2.39. The standard InChI is InChI=1S/C12H7BrClN3O3/c13-11-8(2-1-3-9(11)17(19)20)12(18)16-10-5-4-7(14)6-15-10/h1-6H,(H,15,16,18). The van der Waals surface area contributed by atoms with Gasteiger partial charge in [0.25, 0.3) is 11.6 Å². The zero-order valence-corrected chi connectivity index (χ0v) is 12.2. The number of anilines is 1. The van der Waals surface area contributed by atoms with Crippen LogP contribution in [0.3, 0.4) is 0 Å². The summed E-state index contributed by atoms with van der Waals surface area (Å²) in [7, 11) is 0. The highest BCUT2D eigenvalue weighted by atomic mass is 79.9. The zero-order chi connectivity index (χ0) is 14.7. The number of nitrogens with zero attached hydrogens (tertiary/aromatic N) is 2. The Balaban J connectivity index is 2.28. The summed E-state index contributed by atoms with van der Waals surface area (Å²) in [5, 5.41) is 13.8. The number of aromatic nitrogens is 1. The molecule has 20 heavy (non-hydrogen) atoms. The predicted octanol–water partition coefficient (Wildman–Crippen LogP) is 3.66. The van der Waals surface area contributed by atoms with Gasteiger partial charge in [-0.3, -0.25) is 14.9 Å². The molecular weight excluding hydrogens is 350 g/mol. The van der Waals surface area contributed by atoms with Crippen molar-refractivity contribution in [3.05, 3.63) is 61.7 Å². The third kappa shape index (κ3) is 3.12. The Hall–Kier alpha value is -1.99. The van der Waals surface area contributed by atoms with Crippen molar-refractivity contribution in [2.24, 2.45) is 0 Å². The molecule has 102 valence electrons. The molecule has 0 aliphatic heterocycles. The van der Waals surface area contributed by atoms with Crippen LogP contribution < -0.4 is 5.32 Å². The van der Waals surface area contributed by atoms with E-state index in [9.17, 15) is 14.9 Å². The van der Waals surface area contributed by atoms with Gasteiger partial charge in [0.05, 0.1) is 15.5 Å². The molecule has 0 saturated carbocycles. The molecule has 1 aromatic carbocycles. The number of carbonyl (C=O) groups is 1. The van der Waals surface area contributed by atoms with Gasteiger partial charge in [0, 0.05) is 12.3 Å². The molecular formula is C12H7BrClN3O3. The van der Waals surface area contributed by atoms with Crippen molar-refractivity contribution in [3.8, 4) is 0 Å². The van der Waals surface area contributed by atoms with E-state index < -0.39 is 10.8 Å². The second-order valence-electron chi connectivity index (χ2n) is 3.71. The molecule has 0 aliphatic rings. The van der Waals surface area contributed by atoms with Crippen LogP contribution in [0.15, 0.2) is 41.0 Å². The van der Waals surface area contributed by atoms with Gasteiger partial charge in [-0.1, -0.05) is 17.7 Å². The Morgan fingerprint density at radius 2 is 2.10 bits per heavy atom. The van der Waals surface area contributed by atoms with Gasteiger partial charge in [-0.15, -0.1) is 0 Å². The number of hydrogen-bond donors (Lipinski definition) is 1. The molecule has 2 aromatic rings. The van der Waals surface area contributed by atoms with E-state index in [0.717, 1.165) is 0 Å². The lowest BCUT2D eigenvalue weighted by Gasteiger charge is -2.06. The number of amides is 1. The van der Waals surface area contributed by atoms with E-state index in [1.54, 1.807) is 6.07 Å². The van der Waals surface area contributed by atoms with Crippen molar-refractivity contribution < 1.29 is 9.72 Å². The molecule has 2 rings (SSSR count). The van der Waals surface area contributed by atoms with Gasteiger partial charge < -0.3 is 5.32 Å². The van der Waals surface area contributed by atoms with Crippen molar-refractivity contribution in [1.82, 2.24) is 4.98 Å². The second-order valence-corrected chi connectivity index (χ2v) is 4.94. The van der Waals surface area contributed by atoms with Crippen LogP contribution in [0.2, 0.25) is 5.02 Å². The van der Waals surface area contributed by atoms with Gasteiger partial charge in [-0.25, -0.2) is 4.98 Å². The Morgan fingerprint density at radius 3 is 2.70 bits per heavy atom. The summed E-state index contributed by atoms with van der Waals surface area (Å²) in [6.45, 7) is 0. The summed E-state index contributed by atoms with van der Waals surface area (Å²) in [5.74, 6) is -0.201. The first kappa shape index (κ1) is 14.4. The fourth-order valence-corrected chi connectivity index (χ4v) is 2.17. The highest BCUT2D eigenvalue weighted by Gasteiger charge is 2.19. The van der Waals surface area contributed by atoms with Gasteiger partial charge >= 0.3 is 0 Å². The van der Waals surface area contributed by atoms with Crippen LogP contribution in [0, 0.1) is 10.1 Å². The van der Waals surface area contributed by atoms with Gasteiger partial charge in [0.15, 0.2) is 0 Å². The van der Waals surface area contributed by atoms with E-state index in [2.05, 4.69) is 26.2 Å². The number of carbonyl (C=O) groups excluding carboxylic acids is 1. The first-order valence-corrected chi connectivity index (χ1v) is 6.52. The average molecular weight is 357 g/mol. The largest absolute Gasteiger partial charge is 0.307 e. The van der Waals surface area contributed by atoms with Gasteiger partial charge in [-0.2, -0.15) is 0 Å². The Morgan fingerprint density at radius 1 is 1.35 bits per heavy atom. The summed E-state index contributed by atoms with van der Waals surface area (Å²) in [6, 6.07) is 7.33. The molecule has 0 aliphatic carbocycles. The average Bonchev–Trinajstić information content (AvgIpc) is 2.41. The van der Waals surface area contributed by atoms with Gasteiger partial charge in [-0.05, 0) is 34.1 Å². The first-order valence-electron chi connectivity index (χ1n) is 5.35. The molecule has 0 atom stereocenters. The molecule has 1 amide bonds. The number of hydrogen-bond acceptors (Lipinski definition) is 4. The molecule has 6 nitrogen and oxygen atoms in total. The third-order valence-corrected chi connectivity index (χ3v) is 3.45. The molecule has 0 unspecified atom stereocenters. The summed E-state index contributed by atoms with van der Waals surface area (Å²) in [6.07, 6.45) is 1.39. The van der Waals surface area contributed by atoms with Crippen molar-refractivity contribution in [2.45, 2.75) is 0 Å². The van der Waals surface area contributed by atoms with Crippen LogP contribution in [0.1, 0.15) is 10.4 Å². The fourth-order valence-electron chi connectivity index (χ4n) is 1.47. The minimum absolute atomic E-state index is 0.122. The summed E-state index contributed by atoms with van der Waals surface area (Å²) in [4.78, 5) is 26.2. The SMILES string of the molecule is O=C(Nc1ccc(Cl)cn1)c1cccc([N+](=O)[O-])c1Br. The summed E-state index contributed by atoms with van der Waals surface area (Å²) >= 11 is 8.75. The number of benzene rings is 1. The molecule has 8 heteroatoms. The normalized spacial score (nSPS) is 10.1. The second kappa shape index (κ2) is 5.98. The maximum absolute atomic E-state index is 12.1. The lowest BCUT2D eigenvalue weighted by molar-refractivity contribution is -0.385. The fraction of sp³-hybridized carbons (Fsp3) is 0. The van der Waals surface area contributed by atoms with Crippen LogP contribution in [0.25, 0.3) is 0 Å².